The predicted octanol–water partition coefficient (Wildman–Crippen LogP) is 3.26. The normalized spacial score (nSPS) is 13.4. The van der Waals surface area contributed by atoms with E-state index < -0.39 is 7.82 Å². The molecule has 120 valence electrons. The summed E-state index contributed by atoms with van der Waals surface area (Å²) in [5, 5.41) is -0.148. The summed E-state index contributed by atoms with van der Waals surface area (Å²) in [6.45, 7) is 5.00. The SMILES string of the molecule is CCCOC[C@@H](COP(=O)(OC)OC)SC(=O)CCC. The highest BCUT2D eigenvalue weighted by atomic mass is 32.2. The van der Waals surface area contributed by atoms with E-state index in [1.807, 2.05) is 13.8 Å². The molecule has 0 heterocycles. The van der Waals surface area contributed by atoms with Gasteiger partial charge in [0.05, 0.1) is 18.5 Å². The molecule has 0 fully saturated rings. The van der Waals surface area contributed by atoms with E-state index in [0.29, 0.717) is 19.6 Å². The Morgan fingerprint density at radius 1 is 1.15 bits per heavy atom. The highest BCUT2D eigenvalue weighted by Gasteiger charge is 2.26. The van der Waals surface area contributed by atoms with Gasteiger partial charge >= 0.3 is 7.82 Å². The van der Waals surface area contributed by atoms with Gasteiger partial charge in [0, 0.05) is 27.2 Å². The number of phosphoric ester groups is 1. The third kappa shape index (κ3) is 9.10. The lowest BCUT2D eigenvalue weighted by molar-refractivity contribution is -0.111. The Kier molecular flexibility index (Phi) is 11.8. The maximum atomic E-state index is 11.8. The monoisotopic (exact) mass is 328 g/mol. The number of carbonyl (C=O) groups excluding carboxylic acids is 1. The zero-order chi connectivity index (χ0) is 15.4. The van der Waals surface area contributed by atoms with Crippen molar-refractivity contribution < 1.29 is 27.7 Å². The van der Waals surface area contributed by atoms with Gasteiger partial charge in [0.15, 0.2) is 5.12 Å². The standard InChI is InChI=1S/C12H25O6PS/c1-5-7-12(13)20-11(9-17-8-6-2)10-18-19(14,15-3)16-4/h11H,5-10H2,1-4H3/t11-/m0/s1. The Hall–Kier alpha value is 0.0900. The van der Waals surface area contributed by atoms with E-state index >= 15 is 0 Å². The largest absolute Gasteiger partial charge is 0.474 e. The van der Waals surface area contributed by atoms with Crippen LogP contribution < -0.4 is 0 Å². The average Bonchev–Trinajstić information content (AvgIpc) is 2.44. The van der Waals surface area contributed by atoms with Gasteiger partial charge < -0.3 is 4.74 Å². The molecule has 0 spiro atoms. The number of hydrogen-bond donors (Lipinski definition) is 0. The maximum absolute atomic E-state index is 11.8. The van der Waals surface area contributed by atoms with Crippen LogP contribution in [-0.2, 0) is 27.7 Å². The third-order valence-electron chi connectivity index (χ3n) is 2.27. The minimum atomic E-state index is -3.51. The van der Waals surface area contributed by atoms with Crippen LogP contribution in [0.5, 0.6) is 0 Å². The van der Waals surface area contributed by atoms with Gasteiger partial charge in [-0.25, -0.2) is 4.57 Å². The first-order chi connectivity index (χ1) is 9.51. The van der Waals surface area contributed by atoms with E-state index in [1.165, 1.54) is 14.2 Å². The number of rotatable bonds is 12. The molecular formula is C12H25O6PS. The lowest BCUT2D eigenvalue weighted by Crippen LogP contribution is -2.21. The van der Waals surface area contributed by atoms with E-state index in [9.17, 15) is 9.36 Å². The number of thioether (sulfide) groups is 1. The summed E-state index contributed by atoms with van der Waals surface area (Å²) in [5.74, 6) is 0. The molecule has 0 rings (SSSR count). The molecule has 0 radical (unpaired) electrons. The van der Waals surface area contributed by atoms with Crippen LogP contribution in [0.25, 0.3) is 0 Å². The first kappa shape index (κ1) is 20.1. The van der Waals surface area contributed by atoms with Crippen molar-refractivity contribution in [2.75, 3.05) is 34.0 Å². The minimum absolute atomic E-state index is 0.0722. The van der Waals surface area contributed by atoms with Crippen molar-refractivity contribution in [3.63, 3.8) is 0 Å². The van der Waals surface area contributed by atoms with E-state index in [-0.39, 0.29) is 17.0 Å². The van der Waals surface area contributed by atoms with Crippen molar-refractivity contribution >= 4 is 24.7 Å². The van der Waals surface area contributed by atoms with Gasteiger partial charge in [0.25, 0.3) is 0 Å². The molecule has 6 nitrogen and oxygen atoms in total. The van der Waals surface area contributed by atoms with Gasteiger partial charge in [-0.05, 0) is 12.8 Å². The molecule has 0 amide bonds. The zero-order valence-corrected chi connectivity index (χ0v) is 14.3. The zero-order valence-electron chi connectivity index (χ0n) is 12.6. The Morgan fingerprint density at radius 2 is 1.80 bits per heavy atom. The second-order valence-electron chi connectivity index (χ2n) is 4.04. The van der Waals surface area contributed by atoms with Crippen molar-refractivity contribution in [3.8, 4) is 0 Å². The van der Waals surface area contributed by atoms with E-state index in [4.69, 9.17) is 18.3 Å². The van der Waals surface area contributed by atoms with Gasteiger partial charge in [-0.1, -0.05) is 25.6 Å². The van der Waals surface area contributed by atoms with Crippen LogP contribution in [0.2, 0.25) is 0 Å². The predicted molar refractivity (Wildman–Crippen MR) is 80.0 cm³/mol. The molecule has 0 N–H and O–H groups in total. The molecule has 0 aliphatic heterocycles. The second kappa shape index (κ2) is 11.7. The van der Waals surface area contributed by atoms with Crippen molar-refractivity contribution in [2.45, 2.75) is 38.4 Å². The molecule has 0 saturated carbocycles. The summed E-state index contributed by atoms with van der Waals surface area (Å²) in [6, 6.07) is 0. The van der Waals surface area contributed by atoms with Crippen molar-refractivity contribution in [2.24, 2.45) is 0 Å². The topological polar surface area (TPSA) is 71.1 Å². The Morgan fingerprint density at radius 3 is 2.30 bits per heavy atom. The van der Waals surface area contributed by atoms with Gasteiger partial charge in [-0.3, -0.25) is 18.4 Å². The van der Waals surface area contributed by atoms with Crippen LogP contribution >= 0.6 is 19.6 Å². The van der Waals surface area contributed by atoms with Crippen LogP contribution in [0.4, 0.5) is 0 Å². The molecule has 1 atom stereocenters. The molecule has 0 aromatic heterocycles. The molecule has 8 heteroatoms. The molecular weight excluding hydrogens is 303 g/mol. The molecule has 0 saturated heterocycles. The molecule has 0 aliphatic carbocycles. The molecule has 0 unspecified atom stereocenters. The Labute approximate surface area is 125 Å². The van der Waals surface area contributed by atoms with Gasteiger partial charge in [-0.15, -0.1) is 0 Å². The summed E-state index contributed by atoms with van der Waals surface area (Å²) >= 11 is 1.16. The quantitative estimate of drug-likeness (QED) is 0.402. The number of phosphoric acid groups is 1. The summed E-state index contributed by atoms with van der Waals surface area (Å²) in [7, 11) is -1.01. The highest BCUT2D eigenvalue weighted by molar-refractivity contribution is 8.14. The number of hydrogen-bond acceptors (Lipinski definition) is 7. The molecule has 0 bridgehead atoms. The molecule has 0 aromatic carbocycles. The molecule has 0 aliphatic rings. The average molecular weight is 328 g/mol. The summed E-state index contributed by atoms with van der Waals surface area (Å²) in [5.41, 5.74) is 0. The van der Waals surface area contributed by atoms with E-state index in [1.54, 1.807) is 0 Å². The lowest BCUT2D eigenvalue weighted by Gasteiger charge is -2.19. The third-order valence-corrected chi connectivity index (χ3v) is 4.70. The first-order valence-electron chi connectivity index (χ1n) is 6.64. The fourth-order valence-corrected chi connectivity index (χ4v) is 3.10. The summed E-state index contributed by atoms with van der Waals surface area (Å²) in [4.78, 5) is 11.7. The van der Waals surface area contributed by atoms with Crippen LogP contribution in [0.1, 0.15) is 33.1 Å². The summed E-state index contributed by atoms with van der Waals surface area (Å²) < 4.78 is 31.8. The van der Waals surface area contributed by atoms with Crippen LogP contribution in [0.15, 0.2) is 0 Å². The molecule has 0 aromatic rings. The van der Waals surface area contributed by atoms with Crippen LogP contribution in [-0.4, -0.2) is 44.4 Å². The fourth-order valence-electron chi connectivity index (χ4n) is 1.28. The van der Waals surface area contributed by atoms with Gasteiger partial charge in [0.1, 0.15) is 0 Å². The number of carbonyl (C=O) groups is 1. The van der Waals surface area contributed by atoms with Crippen molar-refractivity contribution in [3.05, 3.63) is 0 Å². The minimum Gasteiger partial charge on any atom is -0.380 e. The van der Waals surface area contributed by atoms with E-state index in [2.05, 4.69) is 0 Å². The van der Waals surface area contributed by atoms with E-state index in [0.717, 1.165) is 24.6 Å². The lowest BCUT2D eigenvalue weighted by atomic mass is 10.4. The Bertz CT molecular complexity index is 304. The van der Waals surface area contributed by atoms with Crippen molar-refractivity contribution in [1.82, 2.24) is 0 Å². The maximum Gasteiger partial charge on any atom is 0.474 e. The van der Waals surface area contributed by atoms with Gasteiger partial charge in [-0.2, -0.15) is 0 Å². The highest BCUT2D eigenvalue weighted by Crippen LogP contribution is 2.47. The fraction of sp³-hybridized carbons (Fsp3) is 0.917. The smallest absolute Gasteiger partial charge is 0.380 e. The van der Waals surface area contributed by atoms with Gasteiger partial charge in [0.2, 0.25) is 0 Å². The Balaban J connectivity index is 4.36. The summed E-state index contributed by atoms with van der Waals surface area (Å²) in [6.07, 6.45) is 2.20. The van der Waals surface area contributed by atoms with Crippen LogP contribution in [0, 0.1) is 0 Å². The van der Waals surface area contributed by atoms with Crippen molar-refractivity contribution in [1.29, 1.82) is 0 Å². The second-order valence-corrected chi connectivity index (χ2v) is 7.29. The molecule has 20 heavy (non-hydrogen) atoms. The first-order valence-corrected chi connectivity index (χ1v) is 8.98. The number of ether oxygens (including phenoxy) is 1. The van der Waals surface area contributed by atoms with Crippen LogP contribution in [0.3, 0.4) is 0 Å².